The number of ketones is 1. The normalized spacial score (nSPS) is 18.8. The number of hydrogen-bond acceptors (Lipinski definition) is 4. The molecule has 0 saturated carbocycles. The second-order valence-electron chi connectivity index (χ2n) is 7.30. The van der Waals surface area contributed by atoms with E-state index in [1.807, 2.05) is 13.0 Å². The van der Waals surface area contributed by atoms with Gasteiger partial charge in [-0.05, 0) is 51.2 Å². The summed E-state index contributed by atoms with van der Waals surface area (Å²) in [4.78, 5) is 11.6. The maximum atomic E-state index is 11.6. The smallest absolute Gasteiger partial charge is 0.163 e. The minimum Gasteiger partial charge on any atom is -0.507 e. The van der Waals surface area contributed by atoms with Gasteiger partial charge in [0.05, 0.1) is 18.3 Å². The predicted molar refractivity (Wildman–Crippen MR) is 109 cm³/mol. The molecule has 0 aliphatic carbocycles. The zero-order chi connectivity index (χ0) is 19.6. The summed E-state index contributed by atoms with van der Waals surface area (Å²) in [6, 6.07) is 3.46. The van der Waals surface area contributed by atoms with Crippen LogP contribution in [0.15, 0.2) is 24.3 Å². The van der Waals surface area contributed by atoms with Crippen molar-refractivity contribution in [2.75, 3.05) is 6.61 Å². The second-order valence-corrected chi connectivity index (χ2v) is 7.30. The van der Waals surface area contributed by atoms with Gasteiger partial charge in [0.2, 0.25) is 0 Å². The van der Waals surface area contributed by atoms with Crippen LogP contribution in [0.3, 0.4) is 0 Å². The molecule has 0 aromatic heterocycles. The second kappa shape index (κ2) is 11.1. The SMILES string of the molecule is CCCC[C@H]1O[C@@H]1C=CCCCCOc1ccc(C(C)=O)c(O)c1CCC. The molecule has 2 atom stereocenters. The summed E-state index contributed by atoms with van der Waals surface area (Å²) in [5, 5.41) is 10.4. The van der Waals surface area contributed by atoms with Gasteiger partial charge in [0.15, 0.2) is 5.78 Å². The number of rotatable bonds is 13. The number of carbonyl (C=O) groups excluding carboxylic acids is 1. The van der Waals surface area contributed by atoms with Gasteiger partial charge < -0.3 is 14.6 Å². The highest BCUT2D eigenvalue weighted by molar-refractivity contribution is 5.97. The number of unbranched alkanes of at least 4 members (excludes halogenated alkanes) is 3. The lowest BCUT2D eigenvalue weighted by atomic mass is 10.0. The lowest BCUT2D eigenvalue weighted by Gasteiger charge is -2.14. The number of allylic oxidation sites excluding steroid dienone is 1. The quantitative estimate of drug-likeness (QED) is 0.211. The summed E-state index contributed by atoms with van der Waals surface area (Å²) in [6.07, 6.45) is 13.5. The first-order valence-corrected chi connectivity index (χ1v) is 10.4. The minimum absolute atomic E-state index is 0.0758. The Morgan fingerprint density at radius 2 is 2.04 bits per heavy atom. The number of hydrogen-bond donors (Lipinski definition) is 1. The maximum Gasteiger partial charge on any atom is 0.163 e. The summed E-state index contributed by atoms with van der Waals surface area (Å²) in [6.45, 7) is 6.34. The first-order valence-electron chi connectivity index (χ1n) is 10.4. The molecule has 1 aromatic rings. The number of phenolic OH excluding ortho intramolecular Hbond substituents is 1. The van der Waals surface area contributed by atoms with Gasteiger partial charge in [-0.2, -0.15) is 0 Å². The molecule has 2 rings (SSSR count). The Labute approximate surface area is 163 Å². The molecule has 1 N–H and O–H groups in total. The molecule has 1 saturated heterocycles. The highest BCUT2D eigenvalue weighted by atomic mass is 16.6. The van der Waals surface area contributed by atoms with E-state index in [4.69, 9.17) is 9.47 Å². The lowest BCUT2D eigenvalue weighted by molar-refractivity contribution is 0.101. The van der Waals surface area contributed by atoms with E-state index in [1.54, 1.807) is 6.07 Å². The van der Waals surface area contributed by atoms with Crippen molar-refractivity contribution in [3.8, 4) is 11.5 Å². The molecule has 1 aromatic carbocycles. The summed E-state index contributed by atoms with van der Waals surface area (Å²) in [5.74, 6) is 0.645. The molecule has 27 heavy (non-hydrogen) atoms. The molecule has 0 bridgehead atoms. The maximum absolute atomic E-state index is 11.6. The molecule has 1 heterocycles. The molecule has 1 aliphatic heterocycles. The third-order valence-electron chi connectivity index (χ3n) is 4.93. The van der Waals surface area contributed by atoms with Crippen LogP contribution in [0.4, 0.5) is 0 Å². The first-order chi connectivity index (χ1) is 13.1. The van der Waals surface area contributed by atoms with Gasteiger partial charge in [0.1, 0.15) is 17.6 Å². The average molecular weight is 375 g/mol. The molecular weight excluding hydrogens is 340 g/mol. The van der Waals surface area contributed by atoms with Crippen LogP contribution >= 0.6 is 0 Å². The highest BCUT2D eigenvalue weighted by Crippen LogP contribution is 2.33. The van der Waals surface area contributed by atoms with Gasteiger partial charge in [-0.3, -0.25) is 4.79 Å². The number of ether oxygens (including phenoxy) is 2. The molecule has 0 unspecified atom stereocenters. The molecule has 0 amide bonds. The Balaban J connectivity index is 1.71. The van der Waals surface area contributed by atoms with Crippen molar-refractivity contribution in [3.63, 3.8) is 0 Å². The fraction of sp³-hybridized carbons (Fsp3) is 0.609. The zero-order valence-corrected chi connectivity index (χ0v) is 17.0. The van der Waals surface area contributed by atoms with Gasteiger partial charge in [0, 0.05) is 5.56 Å². The topological polar surface area (TPSA) is 59.1 Å². The molecule has 1 fully saturated rings. The monoisotopic (exact) mass is 374 g/mol. The third-order valence-corrected chi connectivity index (χ3v) is 4.93. The fourth-order valence-electron chi connectivity index (χ4n) is 3.27. The number of benzene rings is 1. The largest absolute Gasteiger partial charge is 0.507 e. The number of phenols is 1. The van der Waals surface area contributed by atoms with Crippen LogP contribution in [0.5, 0.6) is 11.5 Å². The number of aromatic hydroxyl groups is 1. The summed E-state index contributed by atoms with van der Waals surface area (Å²) < 4.78 is 11.5. The fourth-order valence-corrected chi connectivity index (χ4v) is 3.27. The van der Waals surface area contributed by atoms with E-state index in [2.05, 4.69) is 19.1 Å². The van der Waals surface area contributed by atoms with E-state index in [-0.39, 0.29) is 11.5 Å². The highest BCUT2D eigenvalue weighted by Gasteiger charge is 2.35. The van der Waals surface area contributed by atoms with E-state index in [0.29, 0.717) is 36.5 Å². The van der Waals surface area contributed by atoms with Crippen molar-refractivity contribution >= 4 is 5.78 Å². The minimum atomic E-state index is -0.125. The number of epoxide rings is 1. The lowest BCUT2D eigenvalue weighted by Crippen LogP contribution is -2.03. The van der Waals surface area contributed by atoms with E-state index >= 15 is 0 Å². The standard InChI is InChI=1S/C23H34O4/c1-4-6-12-21-22(27-21)13-9-7-8-10-16-26-20-15-14-18(17(3)24)23(25)19(20)11-5-2/h9,13-15,21-22,25H,4-8,10-12,16H2,1-3H3/t21-,22-/m1/s1. The van der Waals surface area contributed by atoms with Crippen LogP contribution < -0.4 is 4.74 Å². The Morgan fingerprint density at radius 3 is 2.74 bits per heavy atom. The van der Waals surface area contributed by atoms with E-state index in [0.717, 1.165) is 31.2 Å². The Bertz CT molecular complexity index is 636. The molecule has 0 radical (unpaired) electrons. The van der Waals surface area contributed by atoms with Crippen molar-refractivity contribution in [1.29, 1.82) is 0 Å². The summed E-state index contributed by atoms with van der Waals surface area (Å²) in [7, 11) is 0. The first kappa shape index (κ1) is 21.5. The molecule has 150 valence electrons. The van der Waals surface area contributed by atoms with Gasteiger partial charge in [-0.1, -0.05) is 45.3 Å². The van der Waals surface area contributed by atoms with Crippen LogP contribution in [0.1, 0.15) is 81.6 Å². The van der Waals surface area contributed by atoms with Gasteiger partial charge in [-0.25, -0.2) is 0 Å². The predicted octanol–water partition coefficient (Wildman–Crippen LogP) is 5.61. The Hall–Kier alpha value is -1.81. The van der Waals surface area contributed by atoms with Crippen LogP contribution in [0.25, 0.3) is 0 Å². The zero-order valence-electron chi connectivity index (χ0n) is 17.0. The van der Waals surface area contributed by atoms with Crippen molar-refractivity contribution in [3.05, 3.63) is 35.4 Å². The van der Waals surface area contributed by atoms with E-state index in [9.17, 15) is 9.90 Å². The van der Waals surface area contributed by atoms with Crippen molar-refractivity contribution in [1.82, 2.24) is 0 Å². The summed E-state index contributed by atoms with van der Waals surface area (Å²) in [5.41, 5.74) is 1.12. The van der Waals surface area contributed by atoms with E-state index in [1.165, 1.54) is 26.2 Å². The van der Waals surface area contributed by atoms with Crippen molar-refractivity contribution < 1.29 is 19.4 Å². The Morgan fingerprint density at radius 1 is 1.22 bits per heavy atom. The molecule has 4 nitrogen and oxygen atoms in total. The van der Waals surface area contributed by atoms with Crippen LogP contribution in [0, 0.1) is 0 Å². The van der Waals surface area contributed by atoms with Crippen molar-refractivity contribution in [2.45, 2.75) is 84.3 Å². The van der Waals surface area contributed by atoms with E-state index < -0.39 is 0 Å². The molecule has 4 heteroatoms. The van der Waals surface area contributed by atoms with Gasteiger partial charge in [0.25, 0.3) is 0 Å². The van der Waals surface area contributed by atoms with Gasteiger partial charge >= 0.3 is 0 Å². The van der Waals surface area contributed by atoms with Crippen LogP contribution in [-0.4, -0.2) is 29.7 Å². The number of Topliss-reactive ketones (excluding diaryl/α,β-unsaturated/α-hetero) is 1. The number of carbonyl (C=O) groups is 1. The van der Waals surface area contributed by atoms with Crippen molar-refractivity contribution in [2.24, 2.45) is 0 Å². The molecular formula is C23H34O4. The van der Waals surface area contributed by atoms with Gasteiger partial charge in [-0.15, -0.1) is 0 Å². The average Bonchev–Trinajstić information content (AvgIpc) is 3.39. The molecule has 1 aliphatic rings. The summed E-state index contributed by atoms with van der Waals surface area (Å²) >= 11 is 0. The van der Waals surface area contributed by atoms with Crippen LogP contribution in [0.2, 0.25) is 0 Å². The third kappa shape index (κ3) is 6.69. The van der Waals surface area contributed by atoms with Crippen LogP contribution in [-0.2, 0) is 11.2 Å². The molecule has 0 spiro atoms. The Kier molecular flexibility index (Phi) is 8.86.